The smallest absolute Gasteiger partial charge is 0.123 e. The van der Waals surface area contributed by atoms with Gasteiger partial charge in [0, 0.05) is 12.2 Å². The molecule has 1 N–H and O–H groups in total. The zero-order valence-corrected chi connectivity index (χ0v) is 10.6. The molecule has 94 valence electrons. The Morgan fingerprint density at radius 1 is 1.47 bits per heavy atom. The second-order valence-corrected chi connectivity index (χ2v) is 4.33. The Morgan fingerprint density at radius 3 is 2.94 bits per heavy atom. The summed E-state index contributed by atoms with van der Waals surface area (Å²) in [5.41, 5.74) is 1.20. The van der Waals surface area contributed by atoms with Crippen LogP contribution in [0.1, 0.15) is 31.4 Å². The van der Waals surface area contributed by atoms with Gasteiger partial charge in [-0.25, -0.2) is 0 Å². The minimum atomic E-state index is 0.235. The van der Waals surface area contributed by atoms with E-state index in [4.69, 9.17) is 9.47 Å². The van der Waals surface area contributed by atoms with Crippen LogP contribution in [0, 0.1) is 0 Å². The minimum Gasteiger partial charge on any atom is -0.496 e. The molecule has 2 atom stereocenters. The first-order valence-electron chi connectivity index (χ1n) is 6.34. The van der Waals surface area contributed by atoms with E-state index in [1.165, 1.54) is 5.56 Å². The van der Waals surface area contributed by atoms with Crippen molar-refractivity contribution in [2.24, 2.45) is 0 Å². The van der Waals surface area contributed by atoms with Gasteiger partial charge in [-0.2, -0.15) is 0 Å². The van der Waals surface area contributed by atoms with Crippen molar-refractivity contribution < 1.29 is 9.47 Å². The second kappa shape index (κ2) is 6.03. The summed E-state index contributed by atoms with van der Waals surface area (Å²) in [4.78, 5) is 0. The number of nitrogens with one attached hydrogen (secondary N) is 1. The standard InChI is InChI=1S/C14H21NO2/c1-3-15-14(13-9-6-10-17-13)11-7-4-5-8-12(11)16-2/h4-5,7-8,13-15H,3,6,9-10H2,1-2H3. The first-order valence-corrected chi connectivity index (χ1v) is 6.34. The average Bonchev–Trinajstić information content (AvgIpc) is 2.89. The van der Waals surface area contributed by atoms with Gasteiger partial charge in [0.15, 0.2) is 0 Å². The number of ether oxygens (including phenoxy) is 2. The monoisotopic (exact) mass is 235 g/mol. The minimum absolute atomic E-state index is 0.235. The Hall–Kier alpha value is -1.06. The van der Waals surface area contributed by atoms with Crippen molar-refractivity contribution >= 4 is 0 Å². The molecule has 3 heteroatoms. The summed E-state index contributed by atoms with van der Waals surface area (Å²) >= 11 is 0. The van der Waals surface area contributed by atoms with Gasteiger partial charge in [0.25, 0.3) is 0 Å². The van der Waals surface area contributed by atoms with Gasteiger partial charge in [0.05, 0.1) is 19.3 Å². The predicted molar refractivity (Wildman–Crippen MR) is 68.4 cm³/mol. The SMILES string of the molecule is CCNC(c1ccccc1OC)C1CCCO1. The zero-order chi connectivity index (χ0) is 12.1. The molecule has 0 aromatic heterocycles. The van der Waals surface area contributed by atoms with Gasteiger partial charge in [0.1, 0.15) is 5.75 Å². The molecule has 1 aromatic carbocycles. The van der Waals surface area contributed by atoms with Crippen LogP contribution < -0.4 is 10.1 Å². The van der Waals surface area contributed by atoms with E-state index in [9.17, 15) is 0 Å². The molecular weight excluding hydrogens is 214 g/mol. The highest BCUT2D eigenvalue weighted by Gasteiger charge is 2.28. The molecule has 1 aliphatic heterocycles. The lowest BCUT2D eigenvalue weighted by atomic mass is 9.98. The zero-order valence-electron chi connectivity index (χ0n) is 10.6. The normalized spacial score (nSPS) is 21.4. The predicted octanol–water partition coefficient (Wildman–Crippen LogP) is 2.52. The van der Waals surface area contributed by atoms with E-state index in [1.807, 2.05) is 12.1 Å². The molecule has 1 aromatic rings. The molecule has 0 spiro atoms. The number of likely N-dealkylation sites (N-methyl/N-ethyl adjacent to an activating group) is 1. The summed E-state index contributed by atoms with van der Waals surface area (Å²) in [6, 6.07) is 8.42. The highest BCUT2D eigenvalue weighted by atomic mass is 16.5. The van der Waals surface area contributed by atoms with E-state index in [2.05, 4.69) is 24.4 Å². The largest absolute Gasteiger partial charge is 0.496 e. The van der Waals surface area contributed by atoms with Crippen molar-refractivity contribution in [1.82, 2.24) is 5.32 Å². The molecular formula is C14H21NO2. The average molecular weight is 235 g/mol. The van der Waals surface area contributed by atoms with Crippen LogP contribution in [0.4, 0.5) is 0 Å². The van der Waals surface area contributed by atoms with E-state index in [1.54, 1.807) is 7.11 Å². The maximum absolute atomic E-state index is 5.80. The first kappa shape index (κ1) is 12.4. The molecule has 0 radical (unpaired) electrons. The Balaban J connectivity index is 2.24. The number of methoxy groups -OCH3 is 1. The highest BCUT2D eigenvalue weighted by molar-refractivity contribution is 5.36. The summed E-state index contributed by atoms with van der Waals surface area (Å²) in [5, 5.41) is 3.51. The van der Waals surface area contributed by atoms with Gasteiger partial charge in [-0.15, -0.1) is 0 Å². The molecule has 0 bridgehead atoms. The molecule has 2 rings (SSSR count). The highest BCUT2D eigenvalue weighted by Crippen LogP contribution is 2.32. The number of hydrogen-bond donors (Lipinski definition) is 1. The summed E-state index contributed by atoms with van der Waals surface area (Å²) in [7, 11) is 1.72. The van der Waals surface area contributed by atoms with E-state index in [0.717, 1.165) is 31.7 Å². The molecule has 3 nitrogen and oxygen atoms in total. The quantitative estimate of drug-likeness (QED) is 0.850. The molecule has 17 heavy (non-hydrogen) atoms. The van der Waals surface area contributed by atoms with Crippen LogP contribution in [0.25, 0.3) is 0 Å². The second-order valence-electron chi connectivity index (χ2n) is 4.33. The third-order valence-corrected chi connectivity index (χ3v) is 3.23. The Labute approximate surface area is 103 Å². The summed E-state index contributed by atoms with van der Waals surface area (Å²) in [6.45, 7) is 3.93. The van der Waals surface area contributed by atoms with E-state index < -0.39 is 0 Å². The van der Waals surface area contributed by atoms with Crippen LogP contribution in [0.2, 0.25) is 0 Å². The van der Waals surface area contributed by atoms with Gasteiger partial charge in [-0.1, -0.05) is 25.1 Å². The van der Waals surface area contributed by atoms with Crippen LogP contribution in [0.15, 0.2) is 24.3 Å². The van der Waals surface area contributed by atoms with Crippen molar-refractivity contribution in [3.05, 3.63) is 29.8 Å². The van der Waals surface area contributed by atoms with Crippen LogP contribution in [0.3, 0.4) is 0 Å². The van der Waals surface area contributed by atoms with Gasteiger partial charge in [0.2, 0.25) is 0 Å². The van der Waals surface area contributed by atoms with E-state index in [-0.39, 0.29) is 12.1 Å². The maximum atomic E-state index is 5.80. The molecule has 0 amide bonds. The van der Waals surface area contributed by atoms with Gasteiger partial charge < -0.3 is 14.8 Å². The number of hydrogen-bond acceptors (Lipinski definition) is 3. The van der Waals surface area contributed by atoms with Crippen molar-refractivity contribution in [2.75, 3.05) is 20.3 Å². The fourth-order valence-electron chi connectivity index (χ4n) is 2.45. The van der Waals surface area contributed by atoms with Gasteiger partial charge in [-0.3, -0.25) is 0 Å². The molecule has 1 aliphatic rings. The topological polar surface area (TPSA) is 30.5 Å². The third kappa shape index (κ3) is 2.79. The third-order valence-electron chi connectivity index (χ3n) is 3.23. The molecule has 0 saturated carbocycles. The van der Waals surface area contributed by atoms with Crippen LogP contribution in [-0.4, -0.2) is 26.4 Å². The van der Waals surface area contributed by atoms with Gasteiger partial charge in [-0.05, 0) is 25.5 Å². The number of rotatable bonds is 5. The maximum Gasteiger partial charge on any atom is 0.123 e. The van der Waals surface area contributed by atoms with Crippen molar-refractivity contribution in [3.63, 3.8) is 0 Å². The van der Waals surface area contributed by atoms with Crippen molar-refractivity contribution in [2.45, 2.75) is 31.9 Å². The molecule has 1 saturated heterocycles. The van der Waals surface area contributed by atoms with Crippen LogP contribution in [-0.2, 0) is 4.74 Å². The lowest BCUT2D eigenvalue weighted by molar-refractivity contribution is 0.0780. The fraction of sp³-hybridized carbons (Fsp3) is 0.571. The molecule has 1 fully saturated rings. The van der Waals surface area contributed by atoms with Crippen molar-refractivity contribution in [1.29, 1.82) is 0 Å². The lowest BCUT2D eigenvalue weighted by Gasteiger charge is -2.25. The fourth-order valence-corrected chi connectivity index (χ4v) is 2.45. The molecule has 2 unspecified atom stereocenters. The first-order chi connectivity index (χ1) is 8.36. The molecule has 0 aliphatic carbocycles. The van der Waals surface area contributed by atoms with Crippen LogP contribution >= 0.6 is 0 Å². The lowest BCUT2D eigenvalue weighted by Crippen LogP contribution is -2.31. The summed E-state index contributed by atoms with van der Waals surface area (Å²) < 4.78 is 11.2. The Bertz CT molecular complexity index is 348. The van der Waals surface area contributed by atoms with E-state index in [0.29, 0.717) is 0 Å². The number of para-hydroxylation sites is 1. The summed E-state index contributed by atoms with van der Waals surface area (Å²) in [5.74, 6) is 0.939. The Morgan fingerprint density at radius 2 is 2.29 bits per heavy atom. The van der Waals surface area contributed by atoms with Crippen LogP contribution in [0.5, 0.6) is 5.75 Å². The summed E-state index contributed by atoms with van der Waals surface area (Å²) in [6.07, 6.45) is 2.54. The number of benzene rings is 1. The Kier molecular flexibility index (Phi) is 4.40. The van der Waals surface area contributed by atoms with Crippen molar-refractivity contribution in [3.8, 4) is 5.75 Å². The van der Waals surface area contributed by atoms with E-state index >= 15 is 0 Å². The van der Waals surface area contributed by atoms with Gasteiger partial charge >= 0.3 is 0 Å². The molecule has 1 heterocycles.